The largest absolute Gasteiger partial charge is 0.452 e. The normalized spacial score (nSPS) is 10.9. The molecule has 0 radical (unpaired) electrons. The van der Waals surface area contributed by atoms with E-state index in [9.17, 15) is 9.59 Å². The Morgan fingerprint density at radius 1 is 0.966 bits per heavy atom. The number of esters is 1. The van der Waals surface area contributed by atoms with Crippen LogP contribution in [0.1, 0.15) is 41.2 Å². The Balaban J connectivity index is 1.67. The molecule has 0 unspecified atom stereocenters. The number of hydrogen-bond donors (Lipinski definition) is 0. The molecule has 3 rings (SSSR count). The zero-order chi connectivity index (χ0) is 21.0. The Morgan fingerprint density at radius 3 is 2.28 bits per heavy atom. The summed E-state index contributed by atoms with van der Waals surface area (Å²) in [4.78, 5) is 35.7. The van der Waals surface area contributed by atoms with E-state index >= 15 is 0 Å². The minimum absolute atomic E-state index is 0.0106. The van der Waals surface area contributed by atoms with Crippen molar-refractivity contribution in [2.45, 2.75) is 40.3 Å². The van der Waals surface area contributed by atoms with Crippen molar-refractivity contribution in [1.29, 1.82) is 0 Å². The molecule has 29 heavy (non-hydrogen) atoms. The van der Waals surface area contributed by atoms with Crippen molar-refractivity contribution in [3.05, 3.63) is 71.0 Å². The Morgan fingerprint density at radius 2 is 1.62 bits per heavy atom. The van der Waals surface area contributed by atoms with Crippen molar-refractivity contribution >= 4 is 22.9 Å². The van der Waals surface area contributed by atoms with Crippen LogP contribution in [-0.2, 0) is 16.1 Å². The van der Waals surface area contributed by atoms with E-state index in [0.717, 1.165) is 22.5 Å². The average Bonchev–Trinajstić information content (AvgIpc) is 2.71. The lowest BCUT2D eigenvalue weighted by atomic mass is 10.2. The molecular weight excluding hydrogens is 366 g/mol. The van der Waals surface area contributed by atoms with Gasteiger partial charge in [0.25, 0.3) is 5.91 Å². The fourth-order valence-electron chi connectivity index (χ4n) is 2.99. The number of ether oxygens (including phenoxy) is 1. The molecule has 0 spiro atoms. The van der Waals surface area contributed by atoms with Gasteiger partial charge in [-0.2, -0.15) is 0 Å². The molecule has 0 aliphatic heterocycles. The number of carbonyl (C=O) groups is 2. The highest BCUT2D eigenvalue weighted by molar-refractivity contribution is 5.94. The highest BCUT2D eigenvalue weighted by Gasteiger charge is 2.20. The third-order valence-electron chi connectivity index (χ3n) is 4.78. The lowest BCUT2D eigenvalue weighted by molar-refractivity contribution is -0.136. The maximum absolute atomic E-state index is 12.6. The zero-order valence-corrected chi connectivity index (χ0v) is 17.2. The van der Waals surface area contributed by atoms with Crippen LogP contribution in [-0.4, -0.2) is 39.4 Å². The summed E-state index contributed by atoms with van der Waals surface area (Å²) in [6, 6.07) is 14.8. The SMILES string of the molecule is Cc1nc2ccc(C(=O)OCC(=O)N(Cc3ccccc3)C(C)C)cc2nc1C. The summed E-state index contributed by atoms with van der Waals surface area (Å²) in [7, 11) is 0. The van der Waals surface area contributed by atoms with Gasteiger partial charge in [0.05, 0.1) is 28.0 Å². The summed E-state index contributed by atoms with van der Waals surface area (Å²) < 4.78 is 5.28. The van der Waals surface area contributed by atoms with Crippen LogP contribution in [0.5, 0.6) is 0 Å². The molecule has 150 valence electrons. The molecule has 1 amide bonds. The van der Waals surface area contributed by atoms with Gasteiger partial charge in [-0.15, -0.1) is 0 Å². The standard InChI is InChI=1S/C23H25N3O3/c1-15(2)26(13-18-8-6-5-7-9-18)22(27)14-29-23(28)19-10-11-20-21(12-19)25-17(4)16(3)24-20/h5-12,15H,13-14H2,1-4H3. The first kappa shape index (κ1) is 20.5. The smallest absolute Gasteiger partial charge is 0.338 e. The van der Waals surface area contributed by atoms with E-state index in [0.29, 0.717) is 17.6 Å². The van der Waals surface area contributed by atoms with Crippen LogP contribution in [0.2, 0.25) is 0 Å². The molecule has 1 heterocycles. The van der Waals surface area contributed by atoms with Crippen LogP contribution < -0.4 is 0 Å². The minimum atomic E-state index is -0.552. The molecule has 0 N–H and O–H groups in total. The number of aromatic nitrogens is 2. The molecule has 6 heteroatoms. The highest BCUT2D eigenvalue weighted by Crippen LogP contribution is 2.15. The zero-order valence-electron chi connectivity index (χ0n) is 17.2. The van der Waals surface area contributed by atoms with Crippen LogP contribution in [0, 0.1) is 13.8 Å². The molecule has 0 bridgehead atoms. The summed E-state index contributed by atoms with van der Waals surface area (Å²) >= 11 is 0. The van der Waals surface area contributed by atoms with E-state index in [1.54, 1.807) is 23.1 Å². The molecule has 0 aliphatic rings. The van der Waals surface area contributed by atoms with Gasteiger partial charge in [0.15, 0.2) is 6.61 Å². The van der Waals surface area contributed by atoms with Crippen molar-refractivity contribution in [3.63, 3.8) is 0 Å². The highest BCUT2D eigenvalue weighted by atomic mass is 16.5. The number of rotatable bonds is 6. The van der Waals surface area contributed by atoms with Gasteiger partial charge < -0.3 is 9.64 Å². The summed E-state index contributed by atoms with van der Waals surface area (Å²) in [5.74, 6) is -0.784. The van der Waals surface area contributed by atoms with Gasteiger partial charge in [0.2, 0.25) is 0 Å². The van der Waals surface area contributed by atoms with Gasteiger partial charge in [0.1, 0.15) is 0 Å². The fraction of sp³-hybridized carbons (Fsp3) is 0.304. The second-order valence-electron chi connectivity index (χ2n) is 7.28. The number of benzene rings is 2. The Kier molecular flexibility index (Phi) is 6.22. The summed E-state index contributed by atoms with van der Waals surface area (Å²) in [5.41, 5.74) is 4.38. The number of hydrogen-bond acceptors (Lipinski definition) is 5. The summed E-state index contributed by atoms with van der Waals surface area (Å²) in [6.45, 7) is 7.81. The van der Waals surface area contributed by atoms with E-state index in [1.165, 1.54) is 0 Å². The van der Waals surface area contributed by atoms with Gasteiger partial charge >= 0.3 is 5.97 Å². The molecule has 0 fully saturated rings. The van der Waals surface area contributed by atoms with Crippen molar-refractivity contribution in [3.8, 4) is 0 Å². The predicted molar refractivity (Wildman–Crippen MR) is 111 cm³/mol. The predicted octanol–water partition coefficient (Wildman–Crippen LogP) is 3.84. The van der Waals surface area contributed by atoms with Gasteiger partial charge in [-0.05, 0) is 51.5 Å². The monoisotopic (exact) mass is 391 g/mol. The first-order valence-electron chi connectivity index (χ1n) is 9.60. The lowest BCUT2D eigenvalue weighted by Gasteiger charge is -2.26. The maximum atomic E-state index is 12.6. The van der Waals surface area contributed by atoms with Gasteiger partial charge in [-0.25, -0.2) is 14.8 Å². The van der Waals surface area contributed by atoms with Crippen LogP contribution >= 0.6 is 0 Å². The first-order chi connectivity index (χ1) is 13.8. The van der Waals surface area contributed by atoms with Crippen molar-refractivity contribution in [1.82, 2.24) is 14.9 Å². The molecular formula is C23H25N3O3. The molecule has 1 aromatic heterocycles. The number of nitrogens with zero attached hydrogens (tertiary/aromatic N) is 3. The quantitative estimate of drug-likeness (QED) is 0.597. The Bertz CT molecular complexity index is 1030. The molecule has 6 nitrogen and oxygen atoms in total. The van der Waals surface area contributed by atoms with Crippen LogP contribution in [0.3, 0.4) is 0 Å². The summed E-state index contributed by atoms with van der Waals surface area (Å²) in [6.07, 6.45) is 0. The number of carbonyl (C=O) groups excluding carboxylic acids is 2. The topological polar surface area (TPSA) is 72.4 Å². The van der Waals surface area contributed by atoms with Crippen molar-refractivity contribution < 1.29 is 14.3 Å². The Labute approximate surface area is 170 Å². The van der Waals surface area contributed by atoms with Crippen LogP contribution in [0.4, 0.5) is 0 Å². The fourth-order valence-corrected chi connectivity index (χ4v) is 2.99. The van der Waals surface area contributed by atoms with E-state index < -0.39 is 5.97 Å². The van der Waals surface area contributed by atoms with E-state index in [4.69, 9.17) is 4.74 Å². The molecule has 3 aromatic rings. The number of aryl methyl sites for hydroxylation is 2. The first-order valence-corrected chi connectivity index (χ1v) is 9.60. The summed E-state index contributed by atoms with van der Waals surface area (Å²) in [5, 5.41) is 0. The molecule has 0 saturated heterocycles. The Hall–Kier alpha value is -3.28. The number of amides is 1. The van der Waals surface area contributed by atoms with Gasteiger partial charge in [-0.1, -0.05) is 30.3 Å². The van der Waals surface area contributed by atoms with Gasteiger partial charge in [0, 0.05) is 12.6 Å². The van der Waals surface area contributed by atoms with E-state index in [1.807, 2.05) is 58.0 Å². The minimum Gasteiger partial charge on any atom is -0.452 e. The van der Waals surface area contributed by atoms with E-state index in [-0.39, 0.29) is 18.6 Å². The third-order valence-corrected chi connectivity index (χ3v) is 4.78. The molecule has 0 saturated carbocycles. The second-order valence-corrected chi connectivity index (χ2v) is 7.28. The van der Waals surface area contributed by atoms with Crippen LogP contribution in [0.25, 0.3) is 11.0 Å². The lowest BCUT2D eigenvalue weighted by Crippen LogP contribution is -2.39. The molecule has 2 aromatic carbocycles. The molecule has 0 atom stereocenters. The maximum Gasteiger partial charge on any atom is 0.338 e. The van der Waals surface area contributed by atoms with E-state index in [2.05, 4.69) is 9.97 Å². The third kappa shape index (κ3) is 4.96. The average molecular weight is 391 g/mol. The molecule has 0 aliphatic carbocycles. The second kappa shape index (κ2) is 8.82. The van der Waals surface area contributed by atoms with Crippen LogP contribution in [0.15, 0.2) is 48.5 Å². The number of fused-ring (bicyclic) bond motifs is 1. The van der Waals surface area contributed by atoms with Crippen molar-refractivity contribution in [2.24, 2.45) is 0 Å². The van der Waals surface area contributed by atoms with Crippen molar-refractivity contribution in [2.75, 3.05) is 6.61 Å². The van der Waals surface area contributed by atoms with Gasteiger partial charge in [-0.3, -0.25) is 4.79 Å².